The zero-order chi connectivity index (χ0) is 14.2. The van der Waals surface area contributed by atoms with Crippen LogP contribution in [0.15, 0.2) is 24.4 Å². The second-order valence-electron chi connectivity index (χ2n) is 3.96. The molecule has 4 nitrogen and oxygen atoms in total. The van der Waals surface area contributed by atoms with Crippen molar-refractivity contribution in [3.63, 3.8) is 0 Å². The second kappa shape index (κ2) is 4.42. The predicted octanol–water partition coefficient (Wildman–Crippen LogP) is 2.76. The Hall–Kier alpha value is -2.31. The van der Waals surface area contributed by atoms with Crippen LogP contribution in [0.25, 0.3) is 11.3 Å². The molecule has 0 radical (unpaired) electrons. The number of aromatic hydroxyl groups is 1. The summed E-state index contributed by atoms with van der Waals surface area (Å²) >= 11 is 0. The maximum absolute atomic E-state index is 13.0. The molecule has 2 aromatic rings. The number of nitrogens with two attached hydrogens (primary N) is 1. The maximum atomic E-state index is 13.0. The summed E-state index contributed by atoms with van der Waals surface area (Å²) in [6, 6.07) is 2.96. The van der Waals surface area contributed by atoms with Crippen molar-refractivity contribution in [3.05, 3.63) is 35.7 Å². The fourth-order valence-electron chi connectivity index (χ4n) is 1.69. The Morgan fingerprint density at radius 2 is 1.95 bits per heavy atom. The molecule has 0 spiro atoms. The largest absolute Gasteiger partial charge is 0.508 e. The lowest BCUT2D eigenvalue weighted by Gasteiger charge is -2.14. The quantitative estimate of drug-likeness (QED) is 0.835. The highest BCUT2D eigenvalue weighted by Gasteiger charge is 2.34. The molecule has 0 atom stereocenters. The minimum Gasteiger partial charge on any atom is -0.508 e. The standard InChI is InChI=1S/C12H10F3N3O/c1-6-11(18-10(16)5-17-6)8-3-2-7(19)4-9(8)12(13,14)15/h2-5,19H,1H3,(H2,16,18). The van der Waals surface area contributed by atoms with E-state index in [9.17, 15) is 18.3 Å². The van der Waals surface area contributed by atoms with Gasteiger partial charge in [-0.3, -0.25) is 4.98 Å². The summed E-state index contributed by atoms with van der Waals surface area (Å²) in [6.45, 7) is 1.54. The number of aryl methyl sites for hydroxylation is 1. The third kappa shape index (κ3) is 2.59. The summed E-state index contributed by atoms with van der Waals surface area (Å²) in [5, 5.41) is 9.21. The highest BCUT2D eigenvalue weighted by atomic mass is 19.4. The number of benzene rings is 1. The molecule has 0 fully saturated rings. The van der Waals surface area contributed by atoms with Gasteiger partial charge in [0.1, 0.15) is 11.6 Å². The summed E-state index contributed by atoms with van der Waals surface area (Å²) < 4.78 is 38.9. The number of halogens is 3. The molecule has 2 rings (SSSR count). The topological polar surface area (TPSA) is 72.0 Å². The normalized spacial score (nSPS) is 11.6. The van der Waals surface area contributed by atoms with Gasteiger partial charge >= 0.3 is 6.18 Å². The number of phenols is 1. The summed E-state index contributed by atoms with van der Waals surface area (Å²) in [4.78, 5) is 7.76. The van der Waals surface area contributed by atoms with E-state index in [0.717, 1.165) is 12.1 Å². The van der Waals surface area contributed by atoms with Gasteiger partial charge in [0, 0.05) is 5.56 Å². The Morgan fingerprint density at radius 1 is 1.26 bits per heavy atom. The maximum Gasteiger partial charge on any atom is 0.417 e. The smallest absolute Gasteiger partial charge is 0.417 e. The molecule has 0 aliphatic rings. The Morgan fingerprint density at radius 3 is 2.58 bits per heavy atom. The van der Waals surface area contributed by atoms with Gasteiger partial charge in [-0.15, -0.1) is 0 Å². The predicted molar refractivity (Wildman–Crippen MR) is 63.3 cm³/mol. The molecule has 1 aromatic heterocycles. The molecular formula is C12H10F3N3O. The van der Waals surface area contributed by atoms with E-state index in [1.807, 2.05) is 0 Å². The third-order valence-electron chi connectivity index (χ3n) is 2.54. The van der Waals surface area contributed by atoms with Crippen LogP contribution in [0.3, 0.4) is 0 Å². The van der Waals surface area contributed by atoms with Crippen LogP contribution in [0.5, 0.6) is 5.75 Å². The number of alkyl halides is 3. The van der Waals surface area contributed by atoms with Crippen LogP contribution < -0.4 is 5.73 Å². The van der Waals surface area contributed by atoms with Crippen LogP contribution in [-0.2, 0) is 6.18 Å². The first kappa shape index (κ1) is 13.1. The lowest BCUT2D eigenvalue weighted by Crippen LogP contribution is -2.09. The van der Waals surface area contributed by atoms with Gasteiger partial charge in [-0.05, 0) is 25.1 Å². The van der Waals surface area contributed by atoms with E-state index in [1.165, 1.54) is 13.1 Å². The van der Waals surface area contributed by atoms with Gasteiger partial charge in [-0.1, -0.05) is 0 Å². The van der Waals surface area contributed by atoms with Crippen LogP contribution in [0, 0.1) is 6.92 Å². The fraction of sp³-hybridized carbons (Fsp3) is 0.167. The lowest BCUT2D eigenvalue weighted by molar-refractivity contribution is -0.137. The minimum atomic E-state index is -4.60. The number of rotatable bonds is 1. The molecule has 19 heavy (non-hydrogen) atoms. The number of aromatic nitrogens is 2. The van der Waals surface area contributed by atoms with Crippen LogP contribution in [0.1, 0.15) is 11.3 Å². The first-order valence-corrected chi connectivity index (χ1v) is 5.28. The van der Waals surface area contributed by atoms with Crippen molar-refractivity contribution in [1.29, 1.82) is 0 Å². The van der Waals surface area contributed by atoms with Crippen molar-refractivity contribution in [2.75, 3.05) is 5.73 Å². The van der Waals surface area contributed by atoms with Crippen molar-refractivity contribution in [2.45, 2.75) is 13.1 Å². The molecule has 0 bridgehead atoms. The summed E-state index contributed by atoms with van der Waals surface area (Å²) in [5.41, 5.74) is 4.68. The molecule has 7 heteroatoms. The molecule has 0 aliphatic carbocycles. The highest BCUT2D eigenvalue weighted by Crippen LogP contribution is 2.39. The third-order valence-corrected chi connectivity index (χ3v) is 2.54. The SMILES string of the molecule is Cc1ncc(N)nc1-c1ccc(O)cc1C(F)(F)F. The molecular weight excluding hydrogens is 259 g/mol. The van der Waals surface area contributed by atoms with E-state index < -0.39 is 17.5 Å². The van der Waals surface area contributed by atoms with Gasteiger partial charge < -0.3 is 10.8 Å². The fourth-order valence-corrected chi connectivity index (χ4v) is 1.69. The van der Waals surface area contributed by atoms with Gasteiger partial charge in [-0.25, -0.2) is 4.98 Å². The molecule has 0 aliphatic heterocycles. The Labute approximate surface area is 106 Å². The average Bonchev–Trinajstić information content (AvgIpc) is 2.31. The van der Waals surface area contributed by atoms with E-state index in [0.29, 0.717) is 11.8 Å². The number of nitrogen functional groups attached to an aromatic ring is 1. The molecule has 1 heterocycles. The molecule has 1 aromatic carbocycles. The number of nitrogens with zero attached hydrogens (tertiary/aromatic N) is 2. The summed E-state index contributed by atoms with van der Waals surface area (Å²) in [5.74, 6) is -0.438. The molecule has 0 saturated carbocycles. The minimum absolute atomic E-state index is 0.0294. The summed E-state index contributed by atoms with van der Waals surface area (Å²) in [6.07, 6.45) is -3.33. The van der Waals surface area contributed by atoms with E-state index in [-0.39, 0.29) is 17.1 Å². The second-order valence-corrected chi connectivity index (χ2v) is 3.96. The highest BCUT2D eigenvalue weighted by molar-refractivity contribution is 5.68. The number of anilines is 1. The van der Waals surface area contributed by atoms with Crippen molar-refractivity contribution < 1.29 is 18.3 Å². The van der Waals surface area contributed by atoms with Gasteiger partial charge in [0.2, 0.25) is 0 Å². The van der Waals surface area contributed by atoms with E-state index in [4.69, 9.17) is 5.73 Å². The molecule has 0 amide bonds. The van der Waals surface area contributed by atoms with Crippen molar-refractivity contribution in [2.24, 2.45) is 0 Å². The van der Waals surface area contributed by atoms with E-state index >= 15 is 0 Å². The van der Waals surface area contributed by atoms with Gasteiger partial charge in [-0.2, -0.15) is 13.2 Å². The Bertz CT molecular complexity index is 626. The summed E-state index contributed by atoms with van der Waals surface area (Å²) in [7, 11) is 0. The van der Waals surface area contributed by atoms with Crippen LogP contribution in [0.2, 0.25) is 0 Å². The first-order chi connectivity index (χ1) is 8.79. The Balaban J connectivity index is 2.72. The van der Waals surface area contributed by atoms with E-state index in [1.54, 1.807) is 0 Å². The number of hydrogen-bond acceptors (Lipinski definition) is 4. The van der Waals surface area contributed by atoms with Crippen LogP contribution in [-0.4, -0.2) is 15.1 Å². The zero-order valence-corrected chi connectivity index (χ0v) is 9.86. The number of hydrogen-bond donors (Lipinski definition) is 2. The van der Waals surface area contributed by atoms with Crippen molar-refractivity contribution in [1.82, 2.24) is 9.97 Å². The average molecular weight is 269 g/mol. The Kier molecular flexibility index (Phi) is 3.05. The van der Waals surface area contributed by atoms with Crippen LogP contribution >= 0.6 is 0 Å². The van der Waals surface area contributed by atoms with Crippen LogP contribution in [0.4, 0.5) is 19.0 Å². The van der Waals surface area contributed by atoms with Crippen molar-refractivity contribution >= 4 is 5.82 Å². The molecule has 0 unspecified atom stereocenters. The zero-order valence-electron chi connectivity index (χ0n) is 9.86. The first-order valence-electron chi connectivity index (χ1n) is 5.28. The molecule has 3 N–H and O–H groups in total. The van der Waals surface area contributed by atoms with Crippen molar-refractivity contribution in [3.8, 4) is 17.0 Å². The van der Waals surface area contributed by atoms with Gasteiger partial charge in [0.15, 0.2) is 0 Å². The van der Waals surface area contributed by atoms with E-state index in [2.05, 4.69) is 9.97 Å². The van der Waals surface area contributed by atoms with Gasteiger partial charge in [0.05, 0.1) is 23.1 Å². The monoisotopic (exact) mass is 269 g/mol. The van der Waals surface area contributed by atoms with Gasteiger partial charge in [0.25, 0.3) is 0 Å². The lowest BCUT2D eigenvalue weighted by atomic mass is 10.0. The molecule has 0 saturated heterocycles. The molecule has 100 valence electrons. The number of phenolic OH excluding ortho intramolecular Hbond substituents is 1.